The third-order valence-electron chi connectivity index (χ3n) is 3.78. The topological polar surface area (TPSA) is 38.0 Å². The SMILES string of the molecule is Cc1ccc(Cn2cc(CO)nc2SCc2ccc(Cl)c(Cl)c2)cc1. The average Bonchev–Trinajstić information content (AvgIpc) is 3.00. The van der Waals surface area contributed by atoms with Gasteiger partial charge in [0.15, 0.2) is 5.16 Å². The first-order chi connectivity index (χ1) is 12.0. The largest absolute Gasteiger partial charge is 0.390 e. The minimum absolute atomic E-state index is 0.0682. The normalized spacial score (nSPS) is 11.0. The van der Waals surface area contributed by atoms with Crippen LogP contribution in [0.4, 0.5) is 0 Å². The van der Waals surface area contributed by atoms with Crippen LogP contribution in [0.15, 0.2) is 53.8 Å². The zero-order valence-corrected chi connectivity index (χ0v) is 16.1. The van der Waals surface area contributed by atoms with Gasteiger partial charge >= 0.3 is 0 Å². The fraction of sp³-hybridized carbons (Fsp3) is 0.211. The van der Waals surface area contributed by atoms with Gasteiger partial charge in [-0.05, 0) is 30.2 Å². The maximum Gasteiger partial charge on any atom is 0.168 e. The van der Waals surface area contributed by atoms with Crippen molar-refractivity contribution in [3.8, 4) is 0 Å². The van der Waals surface area contributed by atoms with Gasteiger partial charge in [-0.3, -0.25) is 0 Å². The lowest BCUT2D eigenvalue weighted by atomic mass is 10.1. The van der Waals surface area contributed by atoms with Gasteiger partial charge in [0.25, 0.3) is 0 Å². The molecule has 3 rings (SSSR count). The number of aliphatic hydroxyl groups excluding tert-OH is 1. The van der Waals surface area contributed by atoms with E-state index in [0.717, 1.165) is 23.0 Å². The van der Waals surface area contributed by atoms with Gasteiger partial charge in [-0.2, -0.15) is 0 Å². The van der Waals surface area contributed by atoms with E-state index in [1.54, 1.807) is 17.8 Å². The molecule has 2 aromatic carbocycles. The lowest BCUT2D eigenvalue weighted by Crippen LogP contribution is -2.00. The fourth-order valence-electron chi connectivity index (χ4n) is 2.42. The van der Waals surface area contributed by atoms with Crippen LogP contribution in [0, 0.1) is 6.92 Å². The molecule has 130 valence electrons. The Labute approximate surface area is 161 Å². The van der Waals surface area contributed by atoms with Crippen LogP contribution in [0.3, 0.4) is 0 Å². The van der Waals surface area contributed by atoms with Gasteiger partial charge in [0, 0.05) is 18.5 Å². The number of benzene rings is 2. The summed E-state index contributed by atoms with van der Waals surface area (Å²) in [5.41, 5.74) is 4.18. The van der Waals surface area contributed by atoms with Crippen LogP contribution in [-0.4, -0.2) is 14.7 Å². The zero-order valence-electron chi connectivity index (χ0n) is 13.7. The van der Waals surface area contributed by atoms with Crippen molar-refractivity contribution in [1.82, 2.24) is 9.55 Å². The summed E-state index contributed by atoms with van der Waals surface area (Å²) in [5, 5.41) is 11.4. The second kappa shape index (κ2) is 8.28. The highest BCUT2D eigenvalue weighted by molar-refractivity contribution is 7.98. The van der Waals surface area contributed by atoms with Crippen molar-refractivity contribution in [3.63, 3.8) is 0 Å². The number of rotatable bonds is 6. The molecular formula is C19H18Cl2N2OS. The molecule has 0 spiro atoms. The number of hydrogen-bond acceptors (Lipinski definition) is 3. The van der Waals surface area contributed by atoms with E-state index in [9.17, 15) is 5.11 Å². The summed E-state index contributed by atoms with van der Waals surface area (Å²) >= 11 is 13.7. The molecule has 0 saturated carbocycles. The highest BCUT2D eigenvalue weighted by Crippen LogP contribution is 2.28. The molecule has 0 amide bonds. The first-order valence-corrected chi connectivity index (χ1v) is 9.58. The van der Waals surface area contributed by atoms with Gasteiger partial charge in [0.1, 0.15) is 0 Å². The minimum Gasteiger partial charge on any atom is -0.390 e. The van der Waals surface area contributed by atoms with Crippen LogP contribution < -0.4 is 0 Å². The van der Waals surface area contributed by atoms with Gasteiger partial charge in [0.05, 0.1) is 22.3 Å². The predicted octanol–water partition coefficient (Wildman–Crippen LogP) is 5.33. The first-order valence-electron chi connectivity index (χ1n) is 7.84. The quantitative estimate of drug-likeness (QED) is 0.575. The summed E-state index contributed by atoms with van der Waals surface area (Å²) in [7, 11) is 0. The van der Waals surface area contributed by atoms with Crippen molar-refractivity contribution in [1.29, 1.82) is 0 Å². The Balaban J connectivity index is 1.76. The third kappa shape index (κ3) is 4.79. The Bertz CT molecular complexity index is 862. The summed E-state index contributed by atoms with van der Waals surface area (Å²) in [4.78, 5) is 4.51. The molecule has 1 aromatic heterocycles. The molecule has 0 unspecified atom stereocenters. The number of nitrogens with zero attached hydrogens (tertiary/aromatic N) is 2. The number of hydrogen-bond donors (Lipinski definition) is 1. The van der Waals surface area contributed by atoms with Crippen molar-refractivity contribution < 1.29 is 5.11 Å². The number of aryl methyl sites for hydroxylation is 1. The van der Waals surface area contributed by atoms with E-state index in [1.165, 1.54) is 11.1 Å². The van der Waals surface area contributed by atoms with Gasteiger partial charge in [0.2, 0.25) is 0 Å². The average molecular weight is 393 g/mol. The van der Waals surface area contributed by atoms with Crippen molar-refractivity contribution in [3.05, 3.63) is 81.1 Å². The fourth-order valence-corrected chi connectivity index (χ4v) is 3.68. The maximum absolute atomic E-state index is 9.41. The lowest BCUT2D eigenvalue weighted by Gasteiger charge is -2.08. The molecule has 1 N–H and O–H groups in total. The van der Waals surface area contributed by atoms with Crippen LogP contribution in [0.5, 0.6) is 0 Å². The van der Waals surface area contributed by atoms with Crippen LogP contribution in [-0.2, 0) is 18.9 Å². The van der Waals surface area contributed by atoms with E-state index in [-0.39, 0.29) is 6.61 Å². The van der Waals surface area contributed by atoms with Gasteiger partial charge in [-0.15, -0.1) is 0 Å². The Morgan fingerprint density at radius 1 is 1.04 bits per heavy atom. The highest BCUT2D eigenvalue weighted by atomic mass is 35.5. The molecule has 0 fully saturated rings. The molecule has 0 atom stereocenters. The summed E-state index contributed by atoms with van der Waals surface area (Å²) < 4.78 is 2.07. The molecule has 3 nitrogen and oxygen atoms in total. The molecule has 3 aromatic rings. The predicted molar refractivity (Wildman–Crippen MR) is 104 cm³/mol. The minimum atomic E-state index is -0.0682. The van der Waals surface area contributed by atoms with E-state index in [1.807, 2.05) is 18.3 Å². The second-order valence-corrected chi connectivity index (χ2v) is 7.58. The number of thioether (sulfide) groups is 1. The summed E-state index contributed by atoms with van der Waals surface area (Å²) in [6, 6.07) is 14.1. The van der Waals surface area contributed by atoms with Crippen molar-refractivity contribution in [2.45, 2.75) is 31.0 Å². The van der Waals surface area contributed by atoms with E-state index < -0.39 is 0 Å². The highest BCUT2D eigenvalue weighted by Gasteiger charge is 2.10. The molecule has 0 aliphatic carbocycles. The number of imidazole rings is 1. The zero-order chi connectivity index (χ0) is 17.8. The van der Waals surface area contributed by atoms with Crippen LogP contribution >= 0.6 is 35.0 Å². The Morgan fingerprint density at radius 3 is 2.44 bits per heavy atom. The standard InChI is InChI=1S/C19H18Cl2N2OS/c1-13-2-4-14(5-3-13)9-23-10-16(11-24)22-19(23)25-12-15-6-7-17(20)18(21)8-15/h2-8,10,24H,9,11-12H2,1H3. The van der Waals surface area contributed by atoms with E-state index in [0.29, 0.717) is 15.7 Å². The van der Waals surface area contributed by atoms with Crippen molar-refractivity contribution in [2.24, 2.45) is 0 Å². The smallest absolute Gasteiger partial charge is 0.168 e. The van der Waals surface area contributed by atoms with Crippen LogP contribution in [0.2, 0.25) is 10.0 Å². The lowest BCUT2D eigenvalue weighted by molar-refractivity contribution is 0.277. The molecule has 25 heavy (non-hydrogen) atoms. The molecule has 0 aliphatic heterocycles. The maximum atomic E-state index is 9.41. The number of aromatic nitrogens is 2. The van der Waals surface area contributed by atoms with E-state index in [2.05, 4.69) is 40.7 Å². The Kier molecular flexibility index (Phi) is 6.07. The van der Waals surface area contributed by atoms with Gasteiger partial charge in [-0.25, -0.2) is 4.98 Å². The molecule has 0 radical (unpaired) electrons. The molecule has 6 heteroatoms. The van der Waals surface area contributed by atoms with Crippen LogP contribution in [0.1, 0.15) is 22.4 Å². The summed E-state index contributed by atoms with van der Waals surface area (Å²) in [6.07, 6.45) is 1.90. The molecule has 0 saturated heterocycles. The van der Waals surface area contributed by atoms with E-state index in [4.69, 9.17) is 23.2 Å². The molecular weight excluding hydrogens is 375 g/mol. The molecule has 1 heterocycles. The van der Waals surface area contributed by atoms with Crippen molar-refractivity contribution >= 4 is 35.0 Å². The monoisotopic (exact) mass is 392 g/mol. The van der Waals surface area contributed by atoms with Crippen LogP contribution in [0.25, 0.3) is 0 Å². The Hall–Kier alpha value is -1.46. The first kappa shape index (κ1) is 18.3. The summed E-state index contributed by atoms with van der Waals surface area (Å²) in [5.74, 6) is 0.729. The molecule has 0 bridgehead atoms. The molecule has 0 aliphatic rings. The number of aliphatic hydroxyl groups is 1. The van der Waals surface area contributed by atoms with Gasteiger partial charge in [-0.1, -0.05) is 70.9 Å². The third-order valence-corrected chi connectivity index (χ3v) is 5.58. The van der Waals surface area contributed by atoms with E-state index >= 15 is 0 Å². The number of halogens is 2. The van der Waals surface area contributed by atoms with Gasteiger partial charge < -0.3 is 9.67 Å². The van der Waals surface area contributed by atoms with Crippen molar-refractivity contribution in [2.75, 3.05) is 0 Å². The summed E-state index contributed by atoms with van der Waals surface area (Å²) in [6.45, 7) is 2.72. The second-order valence-electron chi connectivity index (χ2n) is 5.82. The Morgan fingerprint density at radius 2 is 1.76 bits per heavy atom.